The van der Waals surface area contributed by atoms with Gasteiger partial charge in [-0.3, -0.25) is 9.88 Å². The molecule has 0 fully saturated rings. The van der Waals surface area contributed by atoms with Crippen LogP contribution in [0.4, 0.5) is 0 Å². The van der Waals surface area contributed by atoms with E-state index in [0.29, 0.717) is 6.04 Å². The van der Waals surface area contributed by atoms with Crippen LogP contribution in [0.25, 0.3) is 0 Å². The summed E-state index contributed by atoms with van der Waals surface area (Å²) >= 11 is 0. The Hall–Kier alpha value is -0.930. The Morgan fingerprint density at radius 3 is 2.68 bits per heavy atom. The molecule has 1 aromatic heterocycles. The molecule has 0 amide bonds. The van der Waals surface area contributed by atoms with E-state index >= 15 is 0 Å². The third-order valence-electron chi connectivity index (χ3n) is 3.71. The van der Waals surface area contributed by atoms with Crippen LogP contribution in [0.3, 0.4) is 0 Å². The van der Waals surface area contributed by atoms with Crippen molar-refractivity contribution >= 4 is 0 Å². The van der Waals surface area contributed by atoms with E-state index in [1.165, 1.54) is 25.0 Å². The second kappa shape index (κ2) is 9.05. The first-order chi connectivity index (χ1) is 9.19. The monoisotopic (exact) mass is 263 g/mol. The molecule has 1 aromatic rings. The first kappa shape index (κ1) is 16.1. The summed E-state index contributed by atoms with van der Waals surface area (Å²) in [6, 6.07) is 6.94. The van der Waals surface area contributed by atoms with Crippen molar-refractivity contribution in [3.05, 3.63) is 29.6 Å². The van der Waals surface area contributed by atoms with Crippen LogP contribution in [-0.4, -0.2) is 36.1 Å². The summed E-state index contributed by atoms with van der Waals surface area (Å²) in [5.41, 5.74) is 2.29. The zero-order valence-electron chi connectivity index (χ0n) is 12.9. The van der Waals surface area contributed by atoms with E-state index in [9.17, 15) is 0 Å². The van der Waals surface area contributed by atoms with Crippen LogP contribution in [-0.2, 0) is 6.54 Å². The maximum Gasteiger partial charge on any atom is 0.0547 e. The summed E-state index contributed by atoms with van der Waals surface area (Å²) in [5, 5.41) is 3.37. The van der Waals surface area contributed by atoms with E-state index in [-0.39, 0.29) is 0 Å². The third-order valence-corrected chi connectivity index (χ3v) is 3.71. The van der Waals surface area contributed by atoms with Crippen LogP contribution in [0.5, 0.6) is 0 Å². The van der Waals surface area contributed by atoms with Crippen LogP contribution in [0.1, 0.15) is 44.5 Å². The normalized spacial score (nSPS) is 12.9. The number of nitrogens with one attached hydrogen (secondary N) is 1. The Labute approximate surface area is 118 Å². The Bertz CT molecular complexity index is 348. The van der Waals surface area contributed by atoms with Gasteiger partial charge in [0.1, 0.15) is 0 Å². The fraction of sp³-hybridized carbons (Fsp3) is 0.688. The Morgan fingerprint density at radius 2 is 2.11 bits per heavy atom. The van der Waals surface area contributed by atoms with E-state index in [2.05, 4.69) is 61.2 Å². The van der Waals surface area contributed by atoms with Gasteiger partial charge in [-0.2, -0.15) is 0 Å². The average molecular weight is 263 g/mol. The molecule has 0 aromatic carbocycles. The molecule has 1 heterocycles. The highest BCUT2D eigenvalue weighted by atomic mass is 15.1. The van der Waals surface area contributed by atoms with Gasteiger partial charge in [-0.15, -0.1) is 0 Å². The maximum absolute atomic E-state index is 4.58. The average Bonchev–Trinajstić information content (AvgIpc) is 2.42. The lowest BCUT2D eigenvalue weighted by Gasteiger charge is -2.21. The third kappa shape index (κ3) is 6.17. The van der Waals surface area contributed by atoms with Gasteiger partial charge in [0.25, 0.3) is 0 Å². The molecule has 108 valence electrons. The van der Waals surface area contributed by atoms with Gasteiger partial charge in [0, 0.05) is 18.3 Å². The quantitative estimate of drug-likeness (QED) is 0.742. The summed E-state index contributed by atoms with van der Waals surface area (Å²) in [6.45, 7) is 9.74. The van der Waals surface area contributed by atoms with Crippen molar-refractivity contribution in [2.75, 3.05) is 20.1 Å². The van der Waals surface area contributed by atoms with Crippen LogP contribution in [0.15, 0.2) is 18.2 Å². The molecule has 0 radical (unpaired) electrons. The predicted molar refractivity (Wildman–Crippen MR) is 82.3 cm³/mol. The van der Waals surface area contributed by atoms with Gasteiger partial charge in [0.05, 0.1) is 5.69 Å². The van der Waals surface area contributed by atoms with Gasteiger partial charge < -0.3 is 5.32 Å². The van der Waals surface area contributed by atoms with E-state index < -0.39 is 0 Å². The Kier molecular flexibility index (Phi) is 7.68. The van der Waals surface area contributed by atoms with E-state index in [4.69, 9.17) is 0 Å². The van der Waals surface area contributed by atoms with Gasteiger partial charge >= 0.3 is 0 Å². The lowest BCUT2D eigenvalue weighted by Crippen LogP contribution is -2.28. The summed E-state index contributed by atoms with van der Waals surface area (Å²) in [5.74, 6) is 0. The molecule has 1 atom stereocenters. The Morgan fingerprint density at radius 1 is 1.32 bits per heavy atom. The molecule has 1 rings (SSSR count). The van der Waals surface area contributed by atoms with Gasteiger partial charge in [-0.05, 0) is 58.5 Å². The topological polar surface area (TPSA) is 28.2 Å². The zero-order valence-corrected chi connectivity index (χ0v) is 12.9. The minimum absolute atomic E-state index is 0.663. The number of nitrogens with zero attached hydrogens (tertiary/aromatic N) is 2. The minimum atomic E-state index is 0.663. The zero-order chi connectivity index (χ0) is 14.1. The molecule has 0 bridgehead atoms. The van der Waals surface area contributed by atoms with E-state index in [1.54, 1.807) is 0 Å². The van der Waals surface area contributed by atoms with E-state index in [0.717, 1.165) is 25.3 Å². The highest BCUT2D eigenvalue weighted by molar-refractivity contribution is 5.09. The second-order valence-corrected chi connectivity index (χ2v) is 5.18. The molecule has 19 heavy (non-hydrogen) atoms. The first-order valence-electron chi connectivity index (χ1n) is 7.51. The van der Waals surface area contributed by atoms with Gasteiger partial charge in [0.15, 0.2) is 0 Å². The molecule has 0 aliphatic heterocycles. The van der Waals surface area contributed by atoms with Gasteiger partial charge in [-0.25, -0.2) is 0 Å². The van der Waals surface area contributed by atoms with Gasteiger partial charge in [-0.1, -0.05) is 19.9 Å². The predicted octanol–water partition coefficient (Wildman–Crippen LogP) is 2.99. The molecule has 3 heteroatoms. The van der Waals surface area contributed by atoms with Crippen molar-refractivity contribution < 1.29 is 0 Å². The van der Waals surface area contributed by atoms with Crippen molar-refractivity contribution in [1.29, 1.82) is 0 Å². The highest BCUT2D eigenvalue weighted by Crippen LogP contribution is 2.07. The number of pyridine rings is 1. The van der Waals surface area contributed by atoms with Crippen LogP contribution in [0.2, 0.25) is 0 Å². The SMILES string of the molecule is CCC(CCCN(CC)Cc1cccc(C)n1)NC. The van der Waals surface area contributed by atoms with Crippen molar-refractivity contribution in [3.63, 3.8) is 0 Å². The summed E-state index contributed by atoms with van der Waals surface area (Å²) in [6.07, 6.45) is 3.71. The smallest absolute Gasteiger partial charge is 0.0547 e. The largest absolute Gasteiger partial charge is 0.317 e. The molecular formula is C16H29N3. The molecular weight excluding hydrogens is 234 g/mol. The number of hydrogen-bond donors (Lipinski definition) is 1. The minimum Gasteiger partial charge on any atom is -0.317 e. The highest BCUT2D eigenvalue weighted by Gasteiger charge is 2.07. The van der Waals surface area contributed by atoms with Crippen molar-refractivity contribution in [2.24, 2.45) is 0 Å². The van der Waals surface area contributed by atoms with Crippen LogP contribution in [0, 0.1) is 6.92 Å². The molecule has 0 spiro atoms. The lowest BCUT2D eigenvalue weighted by atomic mass is 10.1. The molecule has 0 saturated carbocycles. The molecule has 0 aliphatic carbocycles. The standard InChI is InChI=1S/C16H29N3/c1-5-15(17-4)11-8-12-19(6-2)13-16-10-7-9-14(3)18-16/h7,9-10,15,17H,5-6,8,11-13H2,1-4H3. The fourth-order valence-corrected chi connectivity index (χ4v) is 2.38. The summed E-state index contributed by atoms with van der Waals surface area (Å²) < 4.78 is 0. The summed E-state index contributed by atoms with van der Waals surface area (Å²) in [7, 11) is 2.06. The molecule has 0 saturated heterocycles. The van der Waals surface area contributed by atoms with Crippen molar-refractivity contribution in [3.8, 4) is 0 Å². The van der Waals surface area contributed by atoms with Gasteiger partial charge in [0.2, 0.25) is 0 Å². The van der Waals surface area contributed by atoms with E-state index in [1.807, 2.05) is 0 Å². The number of rotatable bonds is 9. The Balaban J connectivity index is 2.37. The number of hydrogen-bond acceptors (Lipinski definition) is 3. The molecule has 0 aliphatic rings. The van der Waals surface area contributed by atoms with Crippen LogP contribution >= 0.6 is 0 Å². The summed E-state index contributed by atoms with van der Waals surface area (Å²) in [4.78, 5) is 7.06. The first-order valence-corrected chi connectivity index (χ1v) is 7.51. The lowest BCUT2D eigenvalue weighted by molar-refractivity contribution is 0.264. The molecule has 1 unspecified atom stereocenters. The number of aryl methyl sites for hydroxylation is 1. The molecule has 1 N–H and O–H groups in total. The number of aromatic nitrogens is 1. The van der Waals surface area contributed by atoms with Crippen molar-refractivity contribution in [2.45, 2.75) is 52.6 Å². The van der Waals surface area contributed by atoms with Crippen molar-refractivity contribution in [1.82, 2.24) is 15.2 Å². The van der Waals surface area contributed by atoms with Crippen LogP contribution < -0.4 is 5.32 Å². The second-order valence-electron chi connectivity index (χ2n) is 5.18. The maximum atomic E-state index is 4.58. The molecule has 3 nitrogen and oxygen atoms in total. The fourth-order valence-electron chi connectivity index (χ4n) is 2.38.